The maximum atomic E-state index is 12.2. The van der Waals surface area contributed by atoms with Gasteiger partial charge in [0.2, 0.25) is 15.9 Å². The summed E-state index contributed by atoms with van der Waals surface area (Å²) in [4.78, 5) is 16.5. The number of rotatable bonds is 9. The highest BCUT2D eigenvalue weighted by atomic mass is 35.5. The van der Waals surface area contributed by atoms with Crippen LogP contribution in [0.4, 0.5) is 0 Å². The van der Waals surface area contributed by atoms with E-state index in [2.05, 4.69) is 15.0 Å². The van der Waals surface area contributed by atoms with Gasteiger partial charge in [-0.25, -0.2) is 18.1 Å². The maximum absolute atomic E-state index is 12.2. The first-order valence-corrected chi connectivity index (χ1v) is 12.1. The van der Waals surface area contributed by atoms with Crippen molar-refractivity contribution in [3.63, 3.8) is 0 Å². The van der Waals surface area contributed by atoms with Gasteiger partial charge in [0.1, 0.15) is 4.90 Å². The Balaban J connectivity index is 1.40. The van der Waals surface area contributed by atoms with Crippen molar-refractivity contribution in [2.45, 2.75) is 24.7 Å². The van der Waals surface area contributed by atoms with Gasteiger partial charge in [0, 0.05) is 30.5 Å². The normalized spacial score (nSPS) is 11.4. The van der Waals surface area contributed by atoms with Crippen LogP contribution >= 0.6 is 22.9 Å². The van der Waals surface area contributed by atoms with Crippen LogP contribution in [0.2, 0.25) is 5.02 Å². The van der Waals surface area contributed by atoms with Crippen molar-refractivity contribution in [1.29, 1.82) is 0 Å². The molecule has 0 aliphatic carbocycles. The predicted octanol–water partition coefficient (Wildman–Crippen LogP) is 3.80. The zero-order valence-corrected chi connectivity index (χ0v) is 18.8. The van der Waals surface area contributed by atoms with Crippen LogP contribution in [-0.2, 0) is 21.2 Å². The Hall–Kier alpha value is -2.26. The number of amides is 1. The number of halogens is 1. The Morgan fingerprint density at radius 3 is 2.50 bits per heavy atom. The van der Waals surface area contributed by atoms with Gasteiger partial charge in [-0.3, -0.25) is 4.79 Å². The molecule has 158 valence electrons. The number of thiazole rings is 1. The number of carbonyl (C=O) groups excluding carboxylic acids is 1. The summed E-state index contributed by atoms with van der Waals surface area (Å²) < 4.78 is 26.9. The molecule has 0 fully saturated rings. The van der Waals surface area contributed by atoms with Gasteiger partial charge >= 0.3 is 0 Å². The van der Waals surface area contributed by atoms with E-state index in [4.69, 9.17) is 11.6 Å². The van der Waals surface area contributed by atoms with E-state index in [1.165, 1.54) is 12.1 Å². The molecule has 9 heteroatoms. The first kappa shape index (κ1) is 22.4. The highest BCUT2D eigenvalue weighted by Gasteiger charge is 2.17. The fourth-order valence-electron chi connectivity index (χ4n) is 2.81. The van der Waals surface area contributed by atoms with Crippen molar-refractivity contribution in [3.8, 4) is 11.3 Å². The van der Waals surface area contributed by atoms with Crippen LogP contribution in [0.5, 0.6) is 0 Å². The Bertz CT molecular complexity index is 1110. The average Bonchev–Trinajstić information content (AvgIpc) is 3.15. The number of aromatic nitrogens is 1. The van der Waals surface area contributed by atoms with E-state index in [1.54, 1.807) is 23.5 Å². The minimum atomic E-state index is -3.74. The lowest BCUT2D eigenvalue weighted by atomic mass is 10.1. The van der Waals surface area contributed by atoms with Crippen LogP contribution in [0.3, 0.4) is 0 Å². The smallest absolute Gasteiger partial charge is 0.242 e. The summed E-state index contributed by atoms with van der Waals surface area (Å²) >= 11 is 7.54. The Morgan fingerprint density at radius 2 is 1.83 bits per heavy atom. The van der Waals surface area contributed by atoms with Gasteiger partial charge in [0.15, 0.2) is 0 Å². The van der Waals surface area contributed by atoms with Crippen molar-refractivity contribution in [3.05, 3.63) is 69.5 Å². The third-order valence-electron chi connectivity index (χ3n) is 4.37. The Morgan fingerprint density at radius 1 is 1.10 bits per heavy atom. The zero-order valence-electron chi connectivity index (χ0n) is 16.4. The number of sulfonamides is 1. The van der Waals surface area contributed by atoms with Crippen LogP contribution in [0.1, 0.15) is 17.0 Å². The second kappa shape index (κ2) is 10.2. The number of carbonyl (C=O) groups is 1. The molecule has 0 bridgehead atoms. The number of hydrogen-bond acceptors (Lipinski definition) is 5. The van der Waals surface area contributed by atoms with Crippen molar-refractivity contribution in [2.75, 3.05) is 13.1 Å². The van der Waals surface area contributed by atoms with Gasteiger partial charge in [-0.15, -0.1) is 11.3 Å². The van der Waals surface area contributed by atoms with E-state index in [1.807, 2.05) is 36.6 Å². The SMILES string of the molecule is Cc1nc(-c2ccc(CCNC(=O)CCNS(=O)(=O)c3ccccc3Cl)cc2)cs1. The minimum absolute atomic E-state index is 0.00114. The summed E-state index contributed by atoms with van der Waals surface area (Å²) in [6.07, 6.45) is 0.735. The van der Waals surface area contributed by atoms with E-state index in [-0.39, 0.29) is 28.8 Å². The fraction of sp³-hybridized carbons (Fsp3) is 0.238. The highest BCUT2D eigenvalue weighted by molar-refractivity contribution is 7.89. The molecule has 0 aliphatic rings. The zero-order chi connectivity index (χ0) is 21.6. The van der Waals surface area contributed by atoms with Gasteiger partial charge in [-0.2, -0.15) is 0 Å². The lowest BCUT2D eigenvalue weighted by molar-refractivity contribution is -0.120. The van der Waals surface area contributed by atoms with Gasteiger partial charge < -0.3 is 5.32 Å². The van der Waals surface area contributed by atoms with Crippen molar-refractivity contribution in [1.82, 2.24) is 15.0 Å². The molecule has 0 saturated heterocycles. The molecule has 0 atom stereocenters. The molecule has 6 nitrogen and oxygen atoms in total. The van der Waals surface area contributed by atoms with E-state index in [0.29, 0.717) is 13.0 Å². The number of aryl methyl sites for hydroxylation is 1. The van der Waals surface area contributed by atoms with Crippen LogP contribution in [0, 0.1) is 6.92 Å². The molecule has 3 aromatic rings. The molecule has 2 aromatic carbocycles. The molecule has 1 amide bonds. The van der Waals surface area contributed by atoms with E-state index >= 15 is 0 Å². The van der Waals surface area contributed by atoms with Gasteiger partial charge in [-0.1, -0.05) is 48.0 Å². The second-order valence-corrected chi connectivity index (χ2v) is 9.83. The maximum Gasteiger partial charge on any atom is 0.242 e. The molecule has 1 heterocycles. The summed E-state index contributed by atoms with van der Waals surface area (Å²) in [5.41, 5.74) is 3.14. The summed E-state index contributed by atoms with van der Waals surface area (Å²) in [5, 5.41) is 6.02. The third kappa shape index (κ3) is 6.12. The predicted molar refractivity (Wildman–Crippen MR) is 120 cm³/mol. The molecular weight excluding hydrogens is 442 g/mol. The lowest BCUT2D eigenvalue weighted by Gasteiger charge is -2.09. The van der Waals surface area contributed by atoms with Crippen LogP contribution in [0.25, 0.3) is 11.3 Å². The Labute approximate surface area is 185 Å². The quantitative estimate of drug-likeness (QED) is 0.505. The number of benzene rings is 2. The van der Waals surface area contributed by atoms with Crippen molar-refractivity contribution >= 4 is 38.9 Å². The van der Waals surface area contributed by atoms with Gasteiger partial charge in [-0.05, 0) is 31.0 Å². The molecule has 0 aliphatic heterocycles. The molecule has 0 radical (unpaired) electrons. The molecule has 30 heavy (non-hydrogen) atoms. The standard InChI is InChI=1S/C21H22ClN3O3S2/c1-15-25-19(14-29-15)17-8-6-16(7-9-17)10-12-23-21(26)11-13-24-30(27,28)20-5-3-2-4-18(20)22/h2-9,14,24H,10-13H2,1H3,(H,23,26). The molecule has 2 N–H and O–H groups in total. The summed E-state index contributed by atoms with van der Waals surface area (Å²) in [5.74, 6) is -0.216. The second-order valence-electron chi connectivity index (χ2n) is 6.63. The monoisotopic (exact) mass is 463 g/mol. The molecule has 0 unspecified atom stereocenters. The minimum Gasteiger partial charge on any atom is -0.356 e. The van der Waals surface area contributed by atoms with E-state index < -0.39 is 10.0 Å². The van der Waals surface area contributed by atoms with Crippen LogP contribution in [0.15, 0.2) is 58.8 Å². The summed E-state index contributed by atoms with van der Waals surface area (Å²) in [6.45, 7) is 2.46. The topological polar surface area (TPSA) is 88.2 Å². The van der Waals surface area contributed by atoms with Gasteiger partial charge in [0.05, 0.1) is 15.7 Å². The molecule has 0 spiro atoms. The largest absolute Gasteiger partial charge is 0.356 e. The highest BCUT2D eigenvalue weighted by Crippen LogP contribution is 2.22. The molecule has 1 aromatic heterocycles. The first-order valence-electron chi connectivity index (χ1n) is 9.37. The van der Waals surface area contributed by atoms with Crippen LogP contribution in [-0.4, -0.2) is 32.4 Å². The molecule has 0 saturated carbocycles. The lowest BCUT2D eigenvalue weighted by Crippen LogP contribution is -2.31. The van der Waals surface area contributed by atoms with E-state index in [0.717, 1.165) is 21.8 Å². The Kier molecular flexibility index (Phi) is 7.60. The summed E-state index contributed by atoms with van der Waals surface area (Å²) in [7, 11) is -3.74. The number of hydrogen-bond donors (Lipinski definition) is 2. The first-order chi connectivity index (χ1) is 14.3. The third-order valence-corrected chi connectivity index (χ3v) is 7.11. The van der Waals surface area contributed by atoms with Crippen molar-refractivity contribution in [2.24, 2.45) is 0 Å². The molecular formula is C21H22ClN3O3S2. The fourth-order valence-corrected chi connectivity index (χ4v) is 4.98. The summed E-state index contributed by atoms with van der Waals surface area (Å²) in [6, 6.07) is 14.3. The number of nitrogens with one attached hydrogen (secondary N) is 2. The number of nitrogens with zero attached hydrogens (tertiary/aromatic N) is 1. The average molecular weight is 464 g/mol. The van der Waals surface area contributed by atoms with E-state index in [9.17, 15) is 13.2 Å². The van der Waals surface area contributed by atoms with Gasteiger partial charge in [0.25, 0.3) is 0 Å². The van der Waals surface area contributed by atoms with Crippen LogP contribution < -0.4 is 10.0 Å². The molecule has 3 rings (SSSR count). The van der Waals surface area contributed by atoms with Crippen molar-refractivity contribution < 1.29 is 13.2 Å².